The summed E-state index contributed by atoms with van der Waals surface area (Å²) in [4.78, 5) is 29.0. The van der Waals surface area contributed by atoms with Gasteiger partial charge in [-0.05, 0) is 18.2 Å². The second kappa shape index (κ2) is 7.06. The lowest BCUT2D eigenvalue weighted by Crippen LogP contribution is -2.35. The molecule has 0 fully saturated rings. The summed E-state index contributed by atoms with van der Waals surface area (Å²) in [7, 11) is 0. The van der Waals surface area contributed by atoms with Gasteiger partial charge in [0.1, 0.15) is 0 Å². The molecule has 0 unspecified atom stereocenters. The number of benzene rings is 1. The number of fused-ring (bicyclic) bond motifs is 1. The molecule has 1 aromatic heterocycles. The first kappa shape index (κ1) is 15.9. The molecule has 6 nitrogen and oxygen atoms in total. The van der Waals surface area contributed by atoms with Gasteiger partial charge in [0.15, 0.2) is 0 Å². The second-order valence-electron chi connectivity index (χ2n) is 5.09. The van der Waals surface area contributed by atoms with Crippen molar-refractivity contribution in [2.24, 2.45) is 0 Å². The van der Waals surface area contributed by atoms with Crippen molar-refractivity contribution >= 4 is 40.9 Å². The number of amides is 2. The zero-order valence-corrected chi connectivity index (χ0v) is 13.7. The molecule has 23 heavy (non-hydrogen) atoms. The van der Waals surface area contributed by atoms with Crippen molar-refractivity contribution < 1.29 is 9.59 Å². The van der Waals surface area contributed by atoms with Crippen LogP contribution in [0.2, 0.25) is 5.02 Å². The first-order valence-corrected chi connectivity index (χ1v) is 8.37. The van der Waals surface area contributed by atoms with Gasteiger partial charge in [0.2, 0.25) is 11.8 Å². The van der Waals surface area contributed by atoms with Crippen LogP contribution in [0.4, 0.5) is 5.69 Å². The van der Waals surface area contributed by atoms with Gasteiger partial charge in [-0.1, -0.05) is 11.6 Å². The maximum atomic E-state index is 12.1. The van der Waals surface area contributed by atoms with E-state index in [9.17, 15) is 9.59 Å². The number of anilines is 1. The van der Waals surface area contributed by atoms with Crippen LogP contribution in [0, 0.1) is 0 Å². The molecule has 0 saturated carbocycles. The van der Waals surface area contributed by atoms with E-state index in [4.69, 9.17) is 11.6 Å². The van der Waals surface area contributed by atoms with Crippen LogP contribution in [0.5, 0.6) is 0 Å². The van der Waals surface area contributed by atoms with E-state index in [0.717, 1.165) is 4.90 Å². The third-order valence-electron chi connectivity index (χ3n) is 3.38. The number of hydrogen-bond donors (Lipinski definition) is 2. The van der Waals surface area contributed by atoms with Crippen LogP contribution in [0.15, 0.2) is 41.8 Å². The van der Waals surface area contributed by atoms with E-state index in [1.807, 2.05) is 16.8 Å². The summed E-state index contributed by atoms with van der Waals surface area (Å²) in [5, 5.41) is 5.75. The van der Waals surface area contributed by atoms with E-state index in [1.165, 1.54) is 11.8 Å². The molecule has 3 rings (SSSR count). The summed E-state index contributed by atoms with van der Waals surface area (Å²) in [6.07, 6.45) is 5.36. The zero-order valence-electron chi connectivity index (χ0n) is 12.2. The Bertz CT molecular complexity index is 720. The van der Waals surface area contributed by atoms with E-state index in [1.54, 1.807) is 24.7 Å². The Morgan fingerprint density at radius 3 is 3.13 bits per heavy atom. The zero-order chi connectivity index (χ0) is 16.2. The van der Waals surface area contributed by atoms with Crippen molar-refractivity contribution in [1.82, 2.24) is 14.9 Å². The van der Waals surface area contributed by atoms with Gasteiger partial charge in [-0.2, -0.15) is 0 Å². The molecule has 1 atom stereocenters. The highest BCUT2D eigenvalue weighted by atomic mass is 35.5. The number of nitrogens with one attached hydrogen (secondary N) is 2. The number of hydrogen-bond acceptors (Lipinski definition) is 4. The molecular formula is C15H15ClN4O2S. The number of halogens is 1. The number of thioether (sulfide) groups is 1. The molecule has 1 aliphatic rings. The minimum absolute atomic E-state index is 0.141. The highest BCUT2D eigenvalue weighted by molar-refractivity contribution is 8.01. The molecule has 2 amide bonds. The van der Waals surface area contributed by atoms with E-state index < -0.39 is 5.25 Å². The lowest BCUT2D eigenvalue weighted by molar-refractivity contribution is -0.124. The van der Waals surface area contributed by atoms with Gasteiger partial charge >= 0.3 is 0 Å². The monoisotopic (exact) mass is 350 g/mol. The smallest absolute Gasteiger partial charge is 0.238 e. The van der Waals surface area contributed by atoms with Gasteiger partial charge in [-0.15, -0.1) is 11.8 Å². The van der Waals surface area contributed by atoms with Crippen LogP contribution in [0.25, 0.3) is 0 Å². The molecule has 2 heterocycles. The number of carbonyl (C=O) groups is 2. The number of aromatic nitrogens is 2. The first-order chi connectivity index (χ1) is 11.1. The quantitative estimate of drug-likeness (QED) is 0.866. The number of rotatable bonds is 5. The molecule has 1 aromatic carbocycles. The fourth-order valence-electron chi connectivity index (χ4n) is 2.24. The SMILES string of the molecule is O=C(C[C@H]1Sc2ccc(Cl)cc2NC1=O)NCCn1ccnc1. The summed E-state index contributed by atoms with van der Waals surface area (Å²) in [6.45, 7) is 1.15. The van der Waals surface area contributed by atoms with Crippen molar-refractivity contribution in [2.45, 2.75) is 23.1 Å². The maximum absolute atomic E-state index is 12.1. The van der Waals surface area contributed by atoms with E-state index in [2.05, 4.69) is 15.6 Å². The van der Waals surface area contributed by atoms with Gasteiger partial charge in [-0.3, -0.25) is 9.59 Å². The average molecular weight is 351 g/mol. The summed E-state index contributed by atoms with van der Waals surface area (Å²) in [5.74, 6) is -0.315. The topological polar surface area (TPSA) is 76.0 Å². The van der Waals surface area contributed by atoms with Crippen molar-refractivity contribution in [3.8, 4) is 0 Å². The summed E-state index contributed by atoms with van der Waals surface area (Å²) < 4.78 is 1.88. The molecule has 0 spiro atoms. The molecule has 120 valence electrons. The van der Waals surface area contributed by atoms with Crippen LogP contribution in [-0.2, 0) is 16.1 Å². The third-order valence-corrected chi connectivity index (χ3v) is 4.89. The molecule has 0 bridgehead atoms. The van der Waals surface area contributed by atoms with Gasteiger partial charge in [0.25, 0.3) is 0 Å². The highest BCUT2D eigenvalue weighted by Gasteiger charge is 2.28. The molecule has 0 aliphatic carbocycles. The third kappa shape index (κ3) is 4.05. The Balaban J connectivity index is 1.52. The van der Waals surface area contributed by atoms with Crippen molar-refractivity contribution in [2.75, 3.05) is 11.9 Å². The first-order valence-electron chi connectivity index (χ1n) is 7.11. The van der Waals surface area contributed by atoms with Crippen molar-refractivity contribution in [1.29, 1.82) is 0 Å². The van der Waals surface area contributed by atoms with Gasteiger partial charge in [0, 0.05) is 41.8 Å². The fourth-order valence-corrected chi connectivity index (χ4v) is 3.50. The van der Waals surface area contributed by atoms with Crippen LogP contribution in [0.1, 0.15) is 6.42 Å². The van der Waals surface area contributed by atoms with Crippen molar-refractivity contribution in [3.63, 3.8) is 0 Å². The van der Waals surface area contributed by atoms with Crippen LogP contribution >= 0.6 is 23.4 Å². The van der Waals surface area contributed by atoms with Crippen LogP contribution in [0.3, 0.4) is 0 Å². The fraction of sp³-hybridized carbons (Fsp3) is 0.267. The summed E-state index contributed by atoms with van der Waals surface area (Å²) >= 11 is 7.30. The second-order valence-corrected chi connectivity index (χ2v) is 6.77. The van der Waals surface area contributed by atoms with Crippen LogP contribution < -0.4 is 10.6 Å². The standard InChI is InChI=1S/C15H15ClN4O2S/c16-10-1-2-12-11(7-10)19-15(22)13(23-12)8-14(21)18-4-6-20-5-3-17-9-20/h1-3,5,7,9,13H,4,6,8H2,(H,18,21)(H,19,22)/t13-/m1/s1. The molecular weight excluding hydrogens is 336 g/mol. The number of imidazole rings is 1. The maximum Gasteiger partial charge on any atom is 0.238 e. The van der Waals surface area contributed by atoms with E-state index >= 15 is 0 Å². The summed E-state index contributed by atoms with van der Waals surface area (Å²) in [5.41, 5.74) is 0.698. The van der Waals surface area contributed by atoms with Gasteiger partial charge < -0.3 is 15.2 Å². The van der Waals surface area contributed by atoms with Crippen LogP contribution in [-0.4, -0.2) is 33.2 Å². The Kier molecular flexibility index (Phi) is 4.88. The Morgan fingerprint density at radius 1 is 1.48 bits per heavy atom. The number of nitrogens with zero attached hydrogens (tertiary/aromatic N) is 2. The minimum Gasteiger partial charge on any atom is -0.354 e. The lowest BCUT2D eigenvalue weighted by Gasteiger charge is -2.23. The van der Waals surface area contributed by atoms with Gasteiger partial charge in [-0.25, -0.2) is 4.98 Å². The Labute approximate surface area is 142 Å². The summed E-state index contributed by atoms with van der Waals surface area (Å²) in [6, 6.07) is 5.34. The predicted octanol–water partition coefficient (Wildman–Crippen LogP) is 2.16. The number of carbonyl (C=O) groups excluding carboxylic acids is 2. The molecule has 0 saturated heterocycles. The molecule has 2 N–H and O–H groups in total. The molecule has 0 radical (unpaired) electrons. The van der Waals surface area contributed by atoms with E-state index in [-0.39, 0.29) is 18.2 Å². The Morgan fingerprint density at radius 2 is 2.35 bits per heavy atom. The molecule has 1 aliphatic heterocycles. The average Bonchev–Trinajstić information content (AvgIpc) is 3.01. The van der Waals surface area contributed by atoms with Gasteiger partial charge in [0.05, 0.1) is 17.3 Å². The highest BCUT2D eigenvalue weighted by Crippen LogP contribution is 2.38. The normalized spacial score (nSPS) is 16.6. The van der Waals surface area contributed by atoms with Crippen molar-refractivity contribution in [3.05, 3.63) is 41.9 Å². The lowest BCUT2D eigenvalue weighted by atomic mass is 10.2. The minimum atomic E-state index is -0.433. The van der Waals surface area contributed by atoms with E-state index in [0.29, 0.717) is 23.8 Å². The Hall–Kier alpha value is -1.99. The molecule has 8 heteroatoms. The largest absolute Gasteiger partial charge is 0.354 e. The predicted molar refractivity (Wildman–Crippen MR) is 89.6 cm³/mol. The molecule has 2 aromatic rings.